The van der Waals surface area contributed by atoms with E-state index in [9.17, 15) is 4.79 Å². The van der Waals surface area contributed by atoms with Gasteiger partial charge in [-0.05, 0) is 33.6 Å². The first kappa shape index (κ1) is 15.1. The van der Waals surface area contributed by atoms with Crippen molar-refractivity contribution in [2.75, 3.05) is 0 Å². The Hall–Kier alpha value is -0.930. The summed E-state index contributed by atoms with van der Waals surface area (Å²) in [5.41, 5.74) is -1.09. The first-order valence-electron chi connectivity index (χ1n) is 5.68. The molecule has 4 nitrogen and oxygen atoms in total. The Morgan fingerprint density at radius 3 is 2.00 bits per heavy atom. The van der Waals surface area contributed by atoms with Crippen LogP contribution in [0.15, 0.2) is 10.2 Å². The van der Waals surface area contributed by atoms with Gasteiger partial charge in [0, 0.05) is 13.3 Å². The van der Waals surface area contributed by atoms with Crippen LogP contribution in [0.3, 0.4) is 0 Å². The summed E-state index contributed by atoms with van der Waals surface area (Å²) in [4.78, 5) is 11.0. The Labute approximate surface area is 98.5 Å². The van der Waals surface area contributed by atoms with Gasteiger partial charge in [-0.15, -0.1) is 5.11 Å². The van der Waals surface area contributed by atoms with Crippen LogP contribution >= 0.6 is 0 Å². The van der Waals surface area contributed by atoms with E-state index in [1.54, 1.807) is 6.92 Å². The standard InChI is InChI=1S/C12H24N2O2/c1-9(2)8-12(7,16-10(3)15)14-13-11(4,5)6/h9H,8H2,1-7H3/b14-13+. The van der Waals surface area contributed by atoms with Crippen LogP contribution in [0.2, 0.25) is 0 Å². The van der Waals surface area contributed by atoms with E-state index in [-0.39, 0.29) is 11.5 Å². The predicted octanol–water partition coefficient (Wildman–Crippen LogP) is 3.56. The molecule has 0 saturated carbocycles. The molecule has 0 aliphatic heterocycles. The summed E-state index contributed by atoms with van der Waals surface area (Å²) >= 11 is 0. The minimum Gasteiger partial charge on any atom is -0.436 e. The van der Waals surface area contributed by atoms with E-state index < -0.39 is 5.72 Å². The van der Waals surface area contributed by atoms with Gasteiger partial charge in [0.1, 0.15) is 0 Å². The lowest BCUT2D eigenvalue weighted by Gasteiger charge is -2.26. The van der Waals surface area contributed by atoms with Crippen molar-refractivity contribution in [1.82, 2.24) is 0 Å². The number of ether oxygens (including phenoxy) is 1. The number of hydrogen-bond donors (Lipinski definition) is 0. The molecule has 0 bridgehead atoms. The van der Waals surface area contributed by atoms with Crippen molar-refractivity contribution in [3.63, 3.8) is 0 Å². The molecule has 0 amide bonds. The van der Waals surface area contributed by atoms with Crippen molar-refractivity contribution < 1.29 is 9.53 Å². The summed E-state index contributed by atoms with van der Waals surface area (Å²) in [5.74, 6) is 0.0688. The monoisotopic (exact) mass is 228 g/mol. The molecule has 0 aromatic rings. The molecule has 0 heterocycles. The van der Waals surface area contributed by atoms with Crippen molar-refractivity contribution in [3.05, 3.63) is 0 Å². The highest BCUT2D eigenvalue weighted by Crippen LogP contribution is 2.25. The van der Waals surface area contributed by atoms with Crippen LogP contribution in [-0.4, -0.2) is 17.2 Å². The van der Waals surface area contributed by atoms with E-state index in [0.29, 0.717) is 12.3 Å². The molecule has 4 heteroatoms. The quantitative estimate of drug-likeness (QED) is 0.545. The highest BCUT2D eigenvalue weighted by Gasteiger charge is 2.29. The SMILES string of the molecule is CC(=O)OC(C)(CC(C)C)/N=N/C(C)(C)C. The zero-order valence-corrected chi connectivity index (χ0v) is 11.5. The Balaban J connectivity index is 4.79. The topological polar surface area (TPSA) is 51.0 Å². The van der Waals surface area contributed by atoms with Crippen LogP contribution in [0, 0.1) is 5.92 Å². The van der Waals surface area contributed by atoms with Crippen LogP contribution < -0.4 is 0 Å². The summed E-state index contributed by atoms with van der Waals surface area (Å²) in [6, 6.07) is 0. The van der Waals surface area contributed by atoms with Gasteiger partial charge in [0.15, 0.2) is 0 Å². The Kier molecular flexibility index (Phi) is 5.10. The fourth-order valence-corrected chi connectivity index (χ4v) is 1.43. The third kappa shape index (κ3) is 7.37. The maximum atomic E-state index is 11.0. The average molecular weight is 228 g/mol. The van der Waals surface area contributed by atoms with Gasteiger partial charge < -0.3 is 4.74 Å². The van der Waals surface area contributed by atoms with E-state index in [1.165, 1.54) is 6.92 Å². The maximum absolute atomic E-state index is 11.0. The maximum Gasteiger partial charge on any atom is 0.304 e. The molecule has 16 heavy (non-hydrogen) atoms. The first-order valence-corrected chi connectivity index (χ1v) is 5.68. The van der Waals surface area contributed by atoms with E-state index in [0.717, 1.165) is 0 Å². The molecule has 0 aromatic carbocycles. The third-order valence-corrected chi connectivity index (χ3v) is 1.71. The number of carbonyl (C=O) groups excluding carboxylic acids is 1. The second-order valence-corrected chi connectivity index (χ2v) is 5.74. The number of hydrogen-bond acceptors (Lipinski definition) is 4. The molecule has 0 radical (unpaired) electrons. The fourth-order valence-electron chi connectivity index (χ4n) is 1.43. The molecular weight excluding hydrogens is 204 g/mol. The van der Waals surface area contributed by atoms with Crippen molar-refractivity contribution in [2.45, 2.75) is 66.2 Å². The minimum absolute atomic E-state index is 0.252. The lowest BCUT2D eigenvalue weighted by atomic mass is 10.0. The number of nitrogens with zero attached hydrogens (tertiary/aromatic N) is 2. The second kappa shape index (κ2) is 5.41. The number of esters is 1. The molecule has 0 aliphatic rings. The summed E-state index contributed by atoms with van der Waals surface area (Å²) in [5, 5.41) is 8.37. The Morgan fingerprint density at radius 2 is 1.69 bits per heavy atom. The smallest absolute Gasteiger partial charge is 0.304 e. The van der Waals surface area contributed by atoms with Gasteiger partial charge in [0.05, 0.1) is 5.54 Å². The molecule has 1 unspecified atom stereocenters. The van der Waals surface area contributed by atoms with Crippen LogP contribution in [0.1, 0.15) is 54.9 Å². The van der Waals surface area contributed by atoms with Gasteiger partial charge in [-0.25, -0.2) is 0 Å². The molecule has 0 saturated heterocycles. The van der Waals surface area contributed by atoms with E-state index in [2.05, 4.69) is 24.1 Å². The molecule has 94 valence electrons. The van der Waals surface area contributed by atoms with E-state index >= 15 is 0 Å². The summed E-state index contributed by atoms with van der Waals surface area (Å²) in [7, 11) is 0. The fraction of sp³-hybridized carbons (Fsp3) is 0.917. The van der Waals surface area contributed by atoms with Crippen molar-refractivity contribution in [2.24, 2.45) is 16.1 Å². The Bertz CT molecular complexity index is 267. The molecule has 0 fully saturated rings. The second-order valence-electron chi connectivity index (χ2n) is 5.74. The number of rotatable bonds is 4. The largest absolute Gasteiger partial charge is 0.436 e. The van der Waals surface area contributed by atoms with Gasteiger partial charge in [0.25, 0.3) is 0 Å². The van der Waals surface area contributed by atoms with Gasteiger partial charge in [-0.1, -0.05) is 13.8 Å². The van der Waals surface area contributed by atoms with Crippen LogP contribution in [-0.2, 0) is 9.53 Å². The average Bonchev–Trinajstić information content (AvgIpc) is 1.96. The highest BCUT2D eigenvalue weighted by molar-refractivity contribution is 5.66. The van der Waals surface area contributed by atoms with Gasteiger partial charge >= 0.3 is 5.97 Å². The molecule has 0 aromatic heterocycles. The molecule has 0 N–H and O–H groups in total. The zero-order chi connectivity index (χ0) is 13.0. The zero-order valence-electron chi connectivity index (χ0n) is 11.5. The molecular formula is C12H24N2O2. The molecule has 0 rings (SSSR count). The minimum atomic E-state index is -0.840. The van der Waals surface area contributed by atoms with Crippen molar-refractivity contribution in [3.8, 4) is 0 Å². The summed E-state index contributed by atoms with van der Waals surface area (Å²) in [6.45, 7) is 13.2. The lowest BCUT2D eigenvalue weighted by molar-refractivity contribution is -0.156. The number of azo groups is 1. The van der Waals surface area contributed by atoms with Crippen LogP contribution in [0.25, 0.3) is 0 Å². The summed E-state index contributed by atoms with van der Waals surface area (Å²) in [6.07, 6.45) is 0.673. The van der Waals surface area contributed by atoms with Gasteiger partial charge in [0.2, 0.25) is 5.72 Å². The molecule has 0 spiro atoms. The van der Waals surface area contributed by atoms with Gasteiger partial charge in [-0.2, -0.15) is 5.11 Å². The van der Waals surface area contributed by atoms with Crippen LogP contribution in [0.4, 0.5) is 0 Å². The van der Waals surface area contributed by atoms with Gasteiger partial charge in [-0.3, -0.25) is 4.79 Å². The lowest BCUT2D eigenvalue weighted by Crippen LogP contribution is -2.30. The molecule has 0 aliphatic carbocycles. The van der Waals surface area contributed by atoms with E-state index in [4.69, 9.17) is 4.74 Å². The molecule has 1 atom stereocenters. The third-order valence-electron chi connectivity index (χ3n) is 1.71. The normalized spacial score (nSPS) is 16.5. The Morgan fingerprint density at radius 1 is 1.19 bits per heavy atom. The highest BCUT2D eigenvalue weighted by atomic mass is 16.6. The summed E-state index contributed by atoms with van der Waals surface area (Å²) < 4.78 is 5.24. The van der Waals surface area contributed by atoms with E-state index in [1.807, 2.05) is 20.8 Å². The van der Waals surface area contributed by atoms with Crippen LogP contribution in [0.5, 0.6) is 0 Å². The first-order chi connectivity index (χ1) is 7.04. The van der Waals surface area contributed by atoms with Crippen molar-refractivity contribution in [1.29, 1.82) is 0 Å². The van der Waals surface area contributed by atoms with Crippen molar-refractivity contribution >= 4 is 5.97 Å². The number of carbonyl (C=O) groups is 1. The predicted molar refractivity (Wildman–Crippen MR) is 64.2 cm³/mol.